The zero-order valence-corrected chi connectivity index (χ0v) is 13.5. The number of hydrogen-bond donors (Lipinski definition) is 1. The first-order valence-corrected chi connectivity index (χ1v) is 8.17. The zero-order chi connectivity index (χ0) is 18.7. The maximum absolute atomic E-state index is 12.4. The molecule has 0 atom stereocenters. The van der Waals surface area contributed by atoms with E-state index in [1.165, 1.54) is 30.3 Å². The van der Waals surface area contributed by atoms with E-state index in [0.717, 1.165) is 25.3 Å². The number of halogens is 3. The van der Waals surface area contributed by atoms with Crippen molar-refractivity contribution in [1.82, 2.24) is 0 Å². The van der Waals surface area contributed by atoms with Crippen LogP contribution in [0.1, 0.15) is 10.4 Å². The summed E-state index contributed by atoms with van der Waals surface area (Å²) < 4.78 is 72.3. The van der Waals surface area contributed by atoms with E-state index in [1.54, 1.807) is 0 Å². The van der Waals surface area contributed by atoms with Gasteiger partial charge in [-0.05, 0) is 30.3 Å². The number of rotatable bonds is 5. The average molecular weight is 375 g/mol. The molecule has 1 N–H and O–H groups in total. The second-order valence-corrected chi connectivity index (χ2v) is 6.35. The molecule has 0 saturated carbocycles. The van der Waals surface area contributed by atoms with Crippen molar-refractivity contribution in [1.29, 1.82) is 0 Å². The van der Waals surface area contributed by atoms with Gasteiger partial charge in [-0.25, -0.2) is 13.2 Å². The predicted octanol–water partition coefficient (Wildman–Crippen LogP) is 3.17. The highest BCUT2D eigenvalue weighted by molar-refractivity contribution is 7.92. The standard InChI is InChI=1S/C15H12F3NO5S/c1-23-14(20)10-5-4-6-11(9-10)25(21,22)19-12-7-2-3-8-13(12)24-15(16,17)18/h2-9,19H,1H3. The van der Waals surface area contributed by atoms with Crippen LogP contribution in [0.4, 0.5) is 18.9 Å². The molecule has 0 aliphatic carbocycles. The Bertz CT molecular complexity index is 881. The van der Waals surface area contributed by atoms with Crippen molar-refractivity contribution in [3.05, 3.63) is 54.1 Å². The minimum absolute atomic E-state index is 0.0230. The molecule has 6 nitrogen and oxygen atoms in total. The minimum atomic E-state index is -4.98. The largest absolute Gasteiger partial charge is 0.573 e. The number of anilines is 1. The fourth-order valence-corrected chi connectivity index (χ4v) is 2.99. The topological polar surface area (TPSA) is 81.7 Å². The Labute approximate surface area is 141 Å². The highest BCUT2D eigenvalue weighted by Crippen LogP contribution is 2.31. The molecule has 2 aromatic rings. The van der Waals surface area contributed by atoms with Gasteiger partial charge in [-0.2, -0.15) is 0 Å². The van der Waals surface area contributed by atoms with Crippen molar-refractivity contribution >= 4 is 21.7 Å². The van der Waals surface area contributed by atoms with Crippen LogP contribution in [-0.4, -0.2) is 27.9 Å². The van der Waals surface area contributed by atoms with Crippen LogP contribution in [0.5, 0.6) is 5.75 Å². The number of hydrogen-bond acceptors (Lipinski definition) is 5. The maximum atomic E-state index is 12.4. The van der Waals surface area contributed by atoms with Crippen molar-refractivity contribution in [2.24, 2.45) is 0 Å². The van der Waals surface area contributed by atoms with Gasteiger partial charge in [0.15, 0.2) is 5.75 Å². The van der Waals surface area contributed by atoms with Crippen molar-refractivity contribution in [3.8, 4) is 5.75 Å². The Hall–Kier alpha value is -2.75. The summed E-state index contributed by atoms with van der Waals surface area (Å²) >= 11 is 0. The van der Waals surface area contributed by atoms with Crippen LogP contribution in [0.15, 0.2) is 53.4 Å². The van der Waals surface area contributed by atoms with Crippen molar-refractivity contribution in [2.45, 2.75) is 11.3 Å². The third kappa shape index (κ3) is 4.86. The van der Waals surface area contributed by atoms with E-state index in [4.69, 9.17) is 0 Å². The molecule has 0 unspecified atom stereocenters. The number of carbonyl (C=O) groups is 1. The summed E-state index contributed by atoms with van der Waals surface area (Å²) in [6.45, 7) is 0. The van der Waals surface area contributed by atoms with Gasteiger partial charge in [0.25, 0.3) is 10.0 Å². The molecule has 0 bridgehead atoms. The van der Waals surface area contributed by atoms with Crippen LogP contribution in [0, 0.1) is 0 Å². The van der Waals surface area contributed by atoms with Crippen molar-refractivity contribution in [2.75, 3.05) is 11.8 Å². The normalized spacial score (nSPS) is 11.7. The van der Waals surface area contributed by atoms with Gasteiger partial charge in [0, 0.05) is 0 Å². The number of nitrogens with one attached hydrogen (secondary N) is 1. The van der Waals surface area contributed by atoms with Crippen LogP contribution in [0.3, 0.4) is 0 Å². The molecule has 10 heteroatoms. The molecular weight excluding hydrogens is 363 g/mol. The lowest BCUT2D eigenvalue weighted by molar-refractivity contribution is -0.274. The second kappa shape index (κ2) is 7.01. The van der Waals surface area contributed by atoms with Crippen molar-refractivity contribution in [3.63, 3.8) is 0 Å². The Morgan fingerprint density at radius 3 is 2.40 bits per heavy atom. The van der Waals surface area contributed by atoms with Crippen molar-refractivity contribution < 1.29 is 35.9 Å². The van der Waals surface area contributed by atoms with E-state index >= 15 is 0 Å². The highest BCUT2D eigenvalue weighted by Gasteiger charge is 2.32. The zero-order valence-electron chi connectivity index (χ0n) is 12.7. The Kier molecular flexibility index (Phi) is 5.21. The summed E-state index contributed by atoms with van der Waals surface area (Å²) in [6.07, 6.45) is -4.98. The average Bonchev–Trinajstić information content (AvgIpc) is 2.54. The number of sulfonamides is 1. The van der Waals surface area contributed by atoms with E-state index in [-0.39, 0.29) is 10.5 Å². The number of ether oxygens (including phenoxy) is 2. The fraction of sp³-hybridized carbons (Fsp3) is 0.133. The van der Waals surface area contributed by atoms with Crippen LogP contribution in [0.2, 0.25) is 0 Å². The number of carbonyl (C=O) groups excluding carboxylic acids is 1. The quantitative estimate of drug-likeness (QED) is 0.812. The van der Waals surface area contributed by atoms with Gasteiger partial charge < -0.3 is 9.47 Å². The van der Waals surface area contributed by atoms with Gasteiger partial charge in [0.1, 0.15) is 0 Å². The Morgan fingerprint density at radius 2 is 1.76 bits per heavy atom. The second-order valence-electron chi connectivity index (χ2n) is 4.67. The number of methoxy groups -OCH3 is 1. The summed E-state index contributed by atoms with van der Waals surface area (Å²) in [6, 6.07) is 9.55. The molecule has 0 fully saturated rings. The third-order valence-corrected chi connectivity index (χ3v) is 4.29. The lowest BCUT2D eigenvalue weighted by atomic mass is 10.2. The van der Waals surface area contributed by atoms with E-state index in [0.29, 0.717) is 0 Å². The number of alkyl halides is 3. The molecule has 25 heavy (non-hydrogen) atoms. The number of esters is 1. The van der Waals surface area contributed by atoms with Gasteiger partial charge in [-0.1, -0.05) is 18.2 Å². The molecule has 2 aromatic carbocycles. The molecule has 0 aliphatic rings. The SMILES string of the molecule is COC(=O)c1cccc(S(=O)(=O)Nc2ccccc2OC(F)(F)F)c1. The Morgan fingerprint density at radius 1 is 1.08 bits per heavy atom. The van der Waals surface area contributed by atoms with Crippen LogP contribution in [-0.2, 0) is 14.8 Å². The lowest BCUT2D eigenvalue weighted by Gasteiger charge is -2.15. The van der Waals surface area contributed by atoms with Gasteiger partial charge in [-0.3, -0.25) is 4.72 Å². The molecule has 2 rings (SSSR count). The summed E-state index contributed by atoms with van der Waals surface area (Å²) in [7, 11) is -3.13. The van der Waals surface area contributed by atoms with E-state index < -0.39 is 33.8 Å². The summed E-state index contributed by atoms with van der Waals surface area (Å²) in [4.78, 5) is 11.2. The molecule has 0 spiro atoms. The molecule has 0 aromatic heterocycles. The minimum Gasteiger partial charge on any atom is -0.465 e. The third-order valence-electron chi connectivity index (χ3n) is 2.92. The number of para-hydroxylation sites is 2. The van der Waals surface area contributed by atoms with Gasteiger partial charge in [-0.15, -0.1) is 13.2 Å². The summed E-state index contributed by atoms with van der Waals surface area (Å²) in [5.41, 5.74) is -0.423. The molecule has 0 amide bonds. The molecule has 134 valence electrons. The monoisotopic (exact) mass is 375 g/mol. The van der Waals surface area contributed by atoms with Crippen LogP contribution < -0.4 is 9.46 Å². The first kappa shape index (κ1) is 18.6. The predicted molar refractivity (Wildman–Crippen MR) is 81.7 cm³/mol. The van der Waals surface area contributed by atoms with E-state index in [9.17, 15) is 26.4 Å². The summed E-state index contributed by atoms with van der Waals surface area (Å²) in [5, 5.41) is 0. The van der Waals surface area contributed by atoms with Crippen LogP contribution >= 0.6 is 0 Å². The molecule has 0 saturated heterocycles. The lowest BCUT2D eigenvalue weighted by Crippen LogP contribution is -2.20. The van der Waals surface area contributed by atoms with E-state index in [2.05, 4.69) is 9.47 Å². The van der Waals surface area contributed by atoms with Gasteiger partial charge >= 0.3 is 12.3 Å². The first-order valence-electron chi connectivity index (χ1n) is 6.68. The molecular formula is C15H12F3NO5S. The number of benzene rings is 2. The Balaban J connectivity index is 2.36. The van der Waals surface area contributed by atoms with Gasteiger partial charge in [0.05, 0.1) is 23.3 Å². The summed E-state index contributed by atoms with van der Waals surface area (Å²) in [5.74, 6) is -1.46. The fourth-order valence-electron chi connectivity index (χ4n) is 1.88. The molecule has 0 aliphatic heterocycles. The van der Waals surface area contributed by atoms with Gasteiger partial charge in [0.2, 0.25) is 0 Å². The van der Waals surface area contributed by atoms with Crippen LogP contribution in [0.25, 0.3) is 0 Å². The highest BCUT2D eigenvalue weighted by atomic mass is 32.2. The van der Waals surface area contributed by atoms with E-state index in [1.807, 2.05) is 4.72 Å². The first-order chi connectivity index (χ1) is 11.6. The molecule has 0 radical (unpaired) electrons. The molecule has 0 heterocycles. The smallest absolute Gasteiger partial charge is 0.465 e. The maximum Gasteiger partial charge on any atom is 0.573 e.